The van der Waals surface area contributed by atoms with Crippen LogP contribution in [0, 0.1) is 5.82 Å². The Bertz CT molecular complexity index is 944. The van der Waals surface area contributed by atoms with Crippen molar-refractivity contribution in [3.05, 3.63) is 69.5 Å². The highest BCUT2D eigenvalue weighted by molar-refractivity contribution is 6.35. The SMILES string of the molecule is CC[C@@H](N[C@@H](C)CC(C)=O)c1ccc(Cl)c(C(=O)c2cccc(C(=O)O)c2)c1F. The minimum atomic E-state index is -1.19. The molecule has 5 nitrogen and oxygen atoms in total. The lowest BCUT2D eigenvalue weighted by Crippen LogP contribution is -2.32. The van der Waals surface area contributed by atoms with E-state index in [1.54, 1.807) is 0 Å². The van der Waals surface area contributed by atoms with Gasteiger partial charge in [-0.1, -0.05) is 36.7 Å². The number of hydrogen-bond donors (Lipinski definition) is 2. The van der Waals surface area contributed by atoms with Gasteiger partial charge in [0.1, 0.15) is 11.6 Å². The first-order valence-electron chi connectivity index (χ1n) is 9.27. The third-order valence-corrected chi connectivity index (χ3v) is 4.90. The first-order valence-corrected chi connectivity index (χ1v) is 9.64. The summed E-state index contributed by atoms with van der Waals surface area (Å²) in [6, 6.07) is 7.77. The van der Waals surface area contributed by atoms with Crippen molar-refractivity contribution in [3.8, 4) is 0 Å². The van der Waals surface area contributed by atoms with E-state index < -0.39 is 23.6 Å². The standard InChI is InChI=1S/C22H23ClFNO4/c1-4-18(25-12(2)10-13(3)26)16-8-9-17(23)19(20(16)24)21(27)14-6-5-7-15(11-14)22(28)29/h5-9,11-12,18,25H,4,10H2,1-3H3,(H,28,29)/t12-,18+/m0/s1. The lowest BCUT2D eigenvalue weighted by Gasteiger charge is -2.23. The lowest BCUT2D eigenvalue weighted by atomic mass is 9.95. The quantitative estimate of drug-likeness (QED) is 0.569. The van der Waals surface area contributed by atoms with Gasteiger partial charge in [0.05, 0.1) is 16.1 Å². The fourth-order valence-corrected chi connectivity index (χ4v) is 3.48. The molecule has 0 fully saturated rings. The Morgan fingerprint density at radius 3 is 2.41 bits per heavy atom. The summed E-state index contributed by atoms with van der Waals surface area (Å²) >= 11 is 6.13. The van der Waals surface area contributed by atoms with Gasteiger partial charge in [-0.3, -0.25) is 9.59 Å². The van der Waals surface area contributed by atoms with E-state index in [4.69, 9.17) is 16.7 Å². The maximum Gasteiger partial charge on any atom is 0.335 e. The van der Waals surface area contributed by atoms with E-state index in [0.29, 0.717) is 12.8 Å². The smallest absolute Gasteiger partial charge is 0.335 e. The van der Waals surface area contributed by atoms with Crippen molar-refractivity contribution in [1.29, 1.82) is 0 Å². The zero-order valence-electron chi connectivity index (χ0n) is 16.5. The molecule has 0 spiro atoms. The molecule has 7 heteroatoms. The number of nitrogens with one attached hydrogen (secondary N) is 1. The van der Waals surface area contributed by atoms with Gasteiger partial charge in [-0.05, 0) is 38.5 Å². The molecule has 0 heterocycles. The highest BCUT2D eigenvalue weighted by atomic mass is 35.5. The molecule has 0 bridgehead atoms. The Balaban J connectivity index is 2.44. The Labute approximate surface area is 173 Å². The number of carboxylic acid groups (broad SMARTS) is 1. The van der Waals surface area contributed by atoms with E-state index in [1.807, 2.05) is 13.8 Å². The second-order valence-electron chi connectivity index (χ2n) is 6.98. The van der Waals surface area contributed by atoms with Crippen LogP contribution < -0.4 is 5.32 Å². The Hall–Kier alpha value is -2.57. The number of carbonyl (C=O) groups is 3. The molecule has 29 heavy (non-hydrogen) atoms. The van der Waals surface area contributed by atoms with Crippen LogP contribution in [-0.2, 0) is 4.79 Å². The number of benzene rings is 2. The molecule has 0 amide bonds. The van der Waals surface area contributed by atoms with E-state index in [2.05, 4.69) is 5.32 Å². The van der Waals surface area contributed by atoms with Gasteiger partial charge in [0.2, 0.25) is 0 Å². The number of carboxylic acids is 1. The van der Waals surface area contributed by atoms with Gasteiger partial charge >= 0.3 is 5.97 Å². The van der Waals surface area contributed by atoms with Gasteiger partial charge in [-0.25, -0.2) is 9.18 Å². The van der Waals surface area contributed by atoms with Gasteiger partial charge in [-0.15, -0.1) is 0 Å². The molecule has 0 saturated heterocycles. The zero-order chi connectivity index (χ0) is 21.7. The van der Waals surface area contributed by atoms with Crippen LogP contribution in [0.2, 0.25) is 5.02 Å². The summed E-state index contributed by atoms with van der Waals surface area (Å²) in [5.74, 6) is -2.61. The molecule has 154 valence electrons. The molecule has 0 aliphatic heterocycles. The van der Waals surface area contributed by atoms with Crippen LogP contribution in [0.25, 0.3) is 0 Å². The van der Waals surface area contributed by atoms with Gasteiger partial charge in [0.15, 0.2) is 5.78 Å². The molecule has 0 aromatic heterocycles. The van der Waals surface area contributed by atoms with Crippen LogP contribution in [0.4, 0.5) is 4.39 Å². The second kappa shape index (κ2) is 9.76. The lowest BCUT2D eigenvalue weighted by molar-refractivity contribution is -0.117. The molecule has 0 aliphatic carbocycles. The van der Waals surface area contributed by atoms with E-state index >= 15 is 4.39 Å². The first kappa shape index (κ1) is 22.7. The minimum Gasteiger partial charge on any atom is -0.478 e. The first-order chi connectivity index (χ1) is 13.6. The molecule has 0 radical (unpaired) electrons. The molecule has 0 unspecified atom stereocenters. The molecule has 2 aromatic rings. The van der Waals surface area contributed by atoms with E-state index in [1.165, 1.54) is 43.3 Å². The molecule has 0 saturated carbocycles. The molecule has 2 atom stereocenters. The van der Waals surface area contributed by atoms with Crippen LogP contribution in [0.1, 0.15) is 71.5 Å². The Morgan fingerprint density at radius 1 is 1.17 bits per heavy atom. The van der Waals surface area contributed by atoms with Crippen molar-refractivity contribution in [2.75, 3.05) is 0 Å². The second-order valence-corrected chi connectivity index (χ2v) is 7.38. The topological polar surface area (TPSA) is 83.5 Å². The number of aromatic carboxylic acids is 1. The molecule has 2 N–H and O–H groups in total. The highest BCUT2D eigenvalue weighted by Gasteiger charge is 2.25. The van der Waals surface area contributed by atoms with E-state index in [9.17, 15) is 14.4 Å². The number of halogens is 2. The predicted octanol–water partition coefficient (Wildman–Crippen LogP) is 4.82. The molecular weight excluding hydrogens is 397 g/mol. The third-order valence-electron chi connectivity index (χ3n) is 4.58. The average Bonchev–Trinajstić information content (AvgIpc) is 2.66. The summed E-state index contributed by atoms with van der Waals surface area (Å²) in [6.07, 6.45) is 0.836. The molecular formula is C22H23ClFNO4. The van der Waals surface area contributed by atoms with Crippen molar-refractivity contribution in [2.24, 2.45) is 0 Å². The largest absolute Gasteiger partial charge is 0.478 e. The number of hydrogen-bond acceptors (Lipinski definition) is 4. The monoisotopic (exact) mass is 419 g/mol. The van der Waals surface area contributed by atoms with Crippen LogP contribution >= 0.6 is 11.6 Å². The van der Waals surface area contributed by atoms with Crippen molar-refractivity contribution in [3.63, 3.8) is 0 Å². The summed E-state index contributed by atoms with van der Waals surface area (Å²) in [4.78, 5) is 35.4. The number of Topliss-reactive ketones (excluding diaryl/α,β-unsaturated/α-hetero) is 1. The maximum absolute atomic E-state index is 15.4. The van der Waals surface area contributed by atoms with Crippen molar-refractivity contribution >= 4 is 29.1 Å². The van der Waals surface area contributed by atoms with Crippen LogP contribution in [0.15, 0.2) is 36.4 Å². The maximum atomic E-state index is 15.4. The summed E-state index contributed by atoms with van der Waals surface area (Å²) in [5, 5.41) is 12.3. The normalized spacial score (nSPS) is 13.0. The van der Waals surface area contributed by atoms with Crippen molar-refractivity contribution < 1.29 is 23.9 Å². The summed E-state index contributed by atoms with van der Waals surface area (Å²) in [7, 11) is 0. The fraction of sp³-hybridized carbons (Fsp3) is 0.318. The van der Waals surface area contributed by atoms with Crippen LogP contribution in [-0.4, -0.2) is 28.7 Å². The molecule has 2 rings (SSSR count). The van der Waals surface area contributed by atoms with Gasteiger partial charge in [0, 0.05) is 29.6 Å². The fourth-order valence-electron chi connectivity index (χ4n) is 3.24. The Morgan fingerprint density at radius 2 is 1.83 bits per heavy atom. The number of rotatable bonds is 9. The van der Waals surface area contributed by atoms with Crippen molar-refractivity contribution in [1.82, 2.24) is 5.32 Å². The predicted molar refractivity (Wildman–Crippen MR) is 109 cm³/mol. The average molecular weight is 420 g/mol. The number of carbonyl (C=O) groups excluding carboxylic acids is 2. The van der Waals surface area contributed by atoms with Crippen molar-refractivity contribution in [2.45, 2.75) is 45.7 Å². The van der Waals surface area contributed by atoms with Gasteiger partial charge in [0.25, 0.3) is 0 Å². The highest BCUT2D eigenvalue weighted by Crippen LogP contribution is 2.30. The molecule has 0 aliphatic rings. The minimum absolute atomic E-state index is 0.0191. The van der Waals surface area contributed by atoms with Crippen LogP contribution in [0.3, 0.4) is 0 Å². The van der Waals surface area contributed by atoms with Crippen LogP contribution in [0.5, 0.6) is 0 Å². The third kappa shape index (κ3) is 5.49. The summed E-state index contributed by atoms with van der Waals surface area (Å²) < 4.78 is 15.4. The summed E-state index contributed by atoms with van der Waals surface area (Å²) in [5.41, 5.74) is -0.0697. The number of ketones is 2. The van der Waals surface area contributed by atoms with E-state index in [-0.39, 0.29) is 39.1 Å². The Kier molecular flexibility index (Phi) is 7.65. The van der Waals surface area contributed by atoms with E-state index in [0.717, 1.165) is 0 Å². The van der Waals surface area contributed by atoms with Gasteiger partial charge < -0.3 is 10.4 Å². The molecule has 2 aromatic carbocycles. The summed E-state index contributed by atoms with van der Waals surface area (Å²) in [6.45, 7) is 5.19. The zero-order valence-corrected chi connectivity index (χ0v) is 17.2. The van der Waals surface area contributed by atoms with Gasteiger partial charge in [-0.2, -0.15) is 0 Å².